The topological polar surface area (TPSA) is 94.1 Å². The number of rotatable bonds is 7. The molecule has 1 amide bonds. The van der Waals surface area contributed by atoms with Gasteiger partial charge in [-0.15, -0.1) is 0 Å². The summed E-state index contributed by atoms with van der Waals surface area (Å²) in [5.74, 6) is 0.670. The number of carboxylic acid groups (broad SMARTS) is 1. The second kappa shape index (κ2) is 11.0. The monoisotopic (exact) mass is 535 g/mol. The van der Waals surface area contributed by atoms with Crippen LogP contribution in [0.4, 0.5) is 18.0 Å². The van der Waals surface area contributed by atoms with E-state index >= 15 is 0 Å². The Morgan fingerprint density at radius 2 is 1.86 bits per heavy atom. The summed E-state index contributed by atoms with van der Waals surface area (Å²) < 4.78 is 54.8. The zero-order chi connectivity index (χ0) is 26.6. The van der Waals surface area contributed by atoms with E-state index in [4.69, 9.17) is 30.9 Å². The molecule has 37 heavy (non-hydrogen) atoms. The van der Waals surface area contributed by atoms with Crippen LogP contribution < -0.4 is 14.8 Å². The molecule has 0 fully saturated rings. The molecule has 0 aliphatic carbocycles. The van der Waals surface area contributed by atoms with E-state index in [0.29, 0.717) is 34.6 Å². The minimum absolute atomic E-state index is 0.162. The molecule has 7 nitrogen and oxygen atoms in total. The Labute approximate surface area is 214 Å². The predicted octanol–water partition coefficient (Wildman–Crippen LogP) is 6.64. The van der Waals surface area contributed by atoms with Crippen LogP contribution >= 0.6 is 11.6 Å². The maximum atomic E-state index is 12.8. The Hall–Kier alpha value is -3.92. The van der Waals surface area contributed by atoms with Crippen molar-refractivity contribution in [2.24, 2.45) is 0 Å². The highest BCUT2D eigenvalue weighted by Gasteiger charge is 2.30. The summed E-state index contributed by atoms with van der Waals surface area (Å²) in [5.41, 5.74) is 0.574. The van der Waals surface area contributed by atoms with Gasteiger partial charge in [0.05, 0.1) is 17.2 Å². The molecule has 1 atom stereocenters. The van der Waals surface area contributed by atoms with E-state index in [2.05, 4.69) is 5.32 Å². The van der Waals surface area contributed by atoms with Gasteiger partial charge in [0.1, 0.15) is 23.4 Å². The van der Waals surface area contributed by atoms with E-state index in [1.54, 1.807) is 24.3 Å². The molecule has 1 aliphatic rings. The van der Waals surface area contributed by atoms with Crippen molar-refractivity contribution in [2.75, 3.05) is 13.2 Å². The predicted molar refractivity (Wildman–Crippen MR) is 127 cm³/mol. The SMILES string of the molecule is O=C(O)OC1CCOc2cc(Oc3ccc(C(=O)NCCc4cccc(C(F)(F)F)c4)cc3)c(Cl)cc21. The molecule has 3 aromatic carbocycles. The molecule has 1 heterocycles. The molecule has 0 saturated heterocycles. The van der Waals surface area contributed by atoms with Gasteiger partial charge >= 0.3 is 12.3 Å². The molecular formula is C26H21ClF3NO6. The van der Waals surface area contributed by atoms with E-state index < -0.39 is 24.0 Å². The van der Waals surface area contributed by atoms with Gasteiger partial charge in [-0.3, -0.25) is 4.79 Å². The van der Waals surface area contributed by atoms with Crippen LogP contribution in [0.5, 0.6) is 17.2 Å². The molecule has 0 aromatic heterocycles. The number of ether oxygens (including phenoxy) is 3. The van der Waals surface area contributed by atoms with Crippen molar-refractivity contribution in [3.63, 3.8) is 0 Å². The summed E-state index contributed by atoms with van der Waals surface area (Å²) in [7, 11) is 0. The first kappa shape index (κ1) is 26.2. The summed E-state index contributed by atoms with van der Waals surface area (Å²) >= 11 is 6.33. The van der Waals surface area contributed by atoms with Gasteiger partial charge in [0, 0.05) is 30.2 Å². The molecule has 11 heteroatoms. The lowest BCUT2D eigenvalue weighted by molar-refractivity contribution is -0.137. The zero-order valence-corrected chi connectivity index (χ0v) is 19.9. The standard InChI is InChI=1S/C26H21ClF3NO6/c27-20-13-19-21(37-25(33)34)9-11-35-22(19)14-23(20)36-18-6-4-16(5-7-18)24(32)31-10-8-15-2-1-3-17(12-15)26(28,29)30/h1-7,12-14,21H,8-11H2,(H,31,32)(H,33,34). The van der Waals surface area contributed by atoms with Crippen LogP contribution in [0.1, 0.15) is 39.6 Å². The van der Waals surface area contributed by atoms with Gasteiger partial charge in [-0.25, -0.2) is 4.79 Å². The molecule has 0 saturated carbocycles. The summed E-state index contributed by atoms with van der Waals surface area (Å²) in [6, 6.07) is 14.3. The van der Waals surface area contributed by atoms with Crippen LogP contribution in [0.3, 0.4) is 0 Å². The fourth-order valence-electron chi connectivity index (χ4n) is 3.81. The normalized spacial score (nSPS) is 14.8. The lowest BCUT2D eigenvalue weighted by atomic mass is 10.0. The quantitative estimate of drug-likeness (QED) is 0.329. The third-order valence-corrected chi connectivity index (χ3v) is 5.89. The van der Waals surface area contributed by atoms with Gasteiger partial charge in [0.2, 0.25) is 0 Å². The summed E-state index contributed by atoms with van der Waals surface area (Å²) in [6.07, 6.45) is -5.91. The van der Waals surface area contributed by atoms with Crippen LogP contribution in [-0.4, -0.2) is 30.3 Å². The average molecular weight is 536 g/mol. The molecule has 0 bridgehead atoms. The first-order valence-corrected chi connectivity index (χ1v) is 11.6. The zero-order valence-electron chi connectivity index (χ0n) is 19.2. The Morgan fingerprint density at radius 1 is 1.11 bits per heavy atom. The van der Waals surface area contributed by atoms with E-state index in [1.807, 2.05) is 0 Å². The molecule has 4 rings (SSSR count). The van der Waals surface area contributed by atoms with Crippen molar-refractivity contribution >= 4 is 23.7 Å². The first-order chi connectivity index (χ1) is 17.6. The number of carbonyl (C=O) groups excluding carboxylic acids is 1. The fourth-order valence-corrected chi connectivity index (χ4v) is 4.02. The van der Waals surface area contributed by atoms with Crippen molar-refractivity contribution in [3.05, 3.63) is 87.9 Å². The number of carbonyl (C=O) groups is 2. The Morgan fingerprint density at radius 3 is 2.57 bits per heavy atom. The lowest BCUT2D eigenvalue weighted by Gasteiger charge is -2.25. The first-order valence-electron chi connectivity index (χ1n) is 11.2. The van der Waals surface area contributed by atoms with Gasteiger partial charge in [-0.2, -0.15) is 13.2 Å². The Balaban J connectivity index is 1.35. The molecule has 1 unspecified atom stereocenters. The average Bonchev–Trinajstić information content (AvgIpc) is 2.85. The van der Waals surface area contributed by atoms with Crippen LogP contribution in [0.25, 0.3) is 0 Å². The minimum Gasteiger partial charge on any atom is -0.493 e. The van der Waals surface area contributed by atoms with Gasteiger partial charge in [-0.05, 0) is 48.4 Å². The van der Waals surface area contributed by atoms with Crippen molar-refractivity contribution in [1.82, 2.24) is 5.32 Å². The summed E-state index contributed by atoms with van der Waals surface area (Å²) in [6.45, 7) is 0.430. The third-order valence-electron chi connectivity index (χ3n) is 5.59. The largest absolute Gasteiger partial charge is 0.506 e. The molecule has 194 valence electrons. The molecule has 0 spiro atoms. The number of halogens is 4. The fraction of sp³-hybridized carbons (Fsp3) is 0.231. The number of benzene rings is 3. The van der Waals surface area contributed by atoms with Gasteiger partial charge < -0.3 is 24.6 Å². The van der Waals surface area contributed by atoms with Crippen molar-refractivity contribution in [1.29, 1.82) is 0 Å². The number of nitrogens with one attached hydrogen (secondary N) is 1. The minimum atomic E-state index is -4.42. The van der Waals surface area contributed by atoms with Crippen molar-refractivity contribution in [3.8, 4) is 17.2 Å². The number of hydrogen-bond acceptors (Lipinski definition) is 5. The molecular weight excluding hydrogens is 515 g/mol. The number of alkyl halides is 3. The van der Waals surface area contributed by atoms with Crippen LogP contribution in [0, 0.1) is 0 Å². The summed E-state index contributed by atoms with van der Waals surface area (Å²) in [4.78, 5) is 23.4. The highest BCUT2D eigenvalue weighted by Crippen LogP contribution is 2.42. The second-order valence-electron chi connectivity index (χ2n) is 8.16. The van der Waals surface area contributed by atoms with Crippen LogP contribution in [0.15, 0.2) is 60.7 Å². The molecule has 3 aromatic rings. The number of hydrogen-bond donors (Lipinski definition) is 2. The Kier molecular flexibility index (Phi) is 7.77. The van der Waals surface area contributed by atoms with Gasteiger partial charge in [-0.1, -0.05) is 29.8 Å². The molecule has 2 N–H and O–H groups in total. The maximum absolute atomic E-state index is 12.8. The molecule has 1 aliphatic heterocycles. The van der Waals surface area contributed by atoms with E-state index in [9.17, 15) is 22.8 Å². The van der Waals surface area contributed by atoms with Gasteiger partial charge in [0.15, 0.2) is 0 Å². The highest BCUT2D eigenvalue weighted by atomic mass is 35.5. The maximum Gasteiger partial charge on any atom is 0.506 e. The van der Waals surface area contributed by atoms with E-state index in [0.717, 1.165) is 12.1 Å². The number of fused-ring (bicyclic) bond motifs is 1. The van der Waals surface area contributed by atoms with Crippen molar-refractivity contribution < 1.29 is 42.1 Å². The highest BCUT2D eigenvalue weighted by molar-refractivity contribution is 6.32. The smallest absolute Gasteiger partial charge is 0.493 e. The van der Waals surface area contributed by atoms with Gasteiger partial charge in [0.25, 0.3) is 5.91 Å². The lowest BCUT2D eigenvalue weighted by Crippen LogP contribution is -2.25. The number of amides is 1. The van der Waals surface area contributed by atoms with E-state index in [-0.39, 0.29) is 36.3 Å². The van der Waals surface area contributed by atoms with E-state index in [1.165, 1.54) is 24.3 Å². The van der Waals surface area contributed by atoms with Crippen molar-refractivity contribution in [2.45, 2.75) is 25.1 Å². The summed E-state index contributed by atoms with van der Waals surface area (Å²) in [5, 5.41) is 11.8. The van der Waals surface area contributed by atoms with Crippen LogP contribution in [0.2, 0.25) is 5.02 Å². The second-order valence-corrected chi connectivity index (χ2v) is 8.57. The van der Waals surface area contributed by atoms with Crippen LogP contribution in [-0.2, 0) is 17.3 Å². The molecule has 0 radical (unpaired) electrons. The third kappa shape index (κ3) is 6.65. The Bertz CT molecular complexity index is 1300.